The van der Waals surface area contributed by atoms with Crippen LogP contribution in [-0.4, -0.2) is 41.1 Å². The molecule has 0 saturated carbocycles. The molecule has 4 heterocycles. The molecule has 43 heavy (non-hydrogen) atoms. The third kappa shape index (κ3) is 5.42. The molecule has 6 rings (SSSR count). The summed E-state index contributed by atoms with van der Waals surface area (Å²) < 4.78 is 52.6. The fraction of sp³-hybridized carbons (Fsp3) is 0.188. The number of ether oxygens (including phenoxy) is 4. The van der Waals surface area contributed by atoms with Crippen LogP contribution in [0.3, 0.4) is 0 Å². The van der Waals surface area contributed by atoms with E-state index in [4.69, 9.17) is 18.9 Å². The Bertz CT molecular complexity index is 1920. The van der Waals surface area contributed by atoms with Crippen LogP contribution >= 0.6 is 0 Å². The third-order valence-corrected chi connectivity index (χ3v) is 7.14. The lowest BCUT2D eigenvalue weighted by atomic mass is 9.96. The van der Waals surface area contributed by atoms with E-state index in [1.165, 1.54) is 63.0 Å². The number of Topliss-reactive ketones (excluding diaryl/α,β-unsaturated/α-hetero) is 1. The van der Waals surface area contributed by atoms with Gasteiger partial charge in [0.25, 0.3) is 5.88 Å². The van der Waals surface area contributed by atoms with E-state index < -0.39 is 22.8 Å². The van der Waals surface area contributed by atoms with Crippen LogP contribution in [-0.2, 0) is 24.3 Å². The van der Waals surface area contributed by atoms with Crippen molar-refractivity contribution in [2.24, 2.45) is 0 Å². The van der Waals surface area contributed by atoms with Crippen LogP contribution < -0.4 is 19.6 Å². The van der Waals surface area contributed by atoms with Crippen LogP contribution in [0.25, 0.3) is 22.2 Å². The second kappa shape index (κ2) is 11.6. The van der Waals surface area contributed by atoms with Crippen molar-refractivity contribution >= 4 is 16.8 Å². The van der Waals surface area contributed by atoms with Gasteiger partial charge < -0.3 is 23.5 Å². The van der Waals surface area contributed by atoms with E-state index in [1.807, 2.05) is 4.57 Å². The predicted molar refractivity (Wildman–Crippen MR) is 153 cm³/mol. The van der Waals surface area contributed by atoms with Crippen LogP contribution in [0.1, 0.15) is 21.6 Å². The normalized spacial score (nSPS) is 12.6. The van der Waals surface area contributed by atoms with Crippen molar-refractivity contribution in [2.45, 2.75) is 19.6 Å². The first kappa shape index (κ1) is 28.0. The molecule has 5 aromatic rings. The molecule has 1 aliphatic rings. The average Bonchev–Trinajstić information content (AvgIpc) is 3.02. The van der Waals surface area contributed by atoms with Gasteiger partial charge in [-0.15, -0.1) is 0 Å². The number of aromatic nitrogens is 3. The quantitative estimate of drug-likeness (QED) is 0.220. The average molecular weight is 586 g/mol. The number of hydrogen-bond donors (Lipinski definition) is 0. The fourth-order valence-corrected chi connectivity index (χ4v) is 5.02. The van der Waals surface area contributed by atoms with Gasteiger partial charge in [-0.3, -0.25) is 14.6 Å². The Hall–Kier alpha value is -5.16. The van der Waals surface area contributed by atoms with Crippen molar-refractivity contribution in [1.82, 2.24) is 14.5 Å². The number of nitrogens with zero attached hydrogens (tertiary/aromatic N) is 3. The Balaban J connectivity index is 1.29. The van der Waals surface area contributed by atoms with Gasteiger partial charge in [0.15, 0.2) is 28.8 Å². The number of ketones is 1. The molecule has 2 aromatic carbocycles. The van der Waals surface area contributed by atoms with Crippen LogP contribution in [0.15, 0.2) is 71.8 Å². The predicted octanol–water partition coefficient (Wildman–Crippen LogP) is 5.50. The van der Waals surface area contributed by atoms with Crippen molar-refractivity contribution in [3.8, 4) is 34.3 Å². The van der Waals surface area contributed by atoms with Gasteiger partial charge in [-0.05, 0) is 35.4 Å². The summed E-state index contributed by atoms with van der Waals surface area (Å²) in [6.45, 7) is 1.05. The zero-order valence-electron chi connectivity index (χ0n) is 23.2. The molecule has 0 saturated heterocycles. The Morgan fingerprint density at radius 3 is 2.56 bits per heavy atom. The summed E-state index contributed by atoms with van der Waals surface area (Å²) in [5, 5.41) is 0. The van der Waals surface area contributed by atoms with E-state index in [-0.39, 0.29) is 41.5 Å². The molecule has 0 N–H and O–H groups in total. The molecule has 11 heteroatoms. The second-order valence-electron chi connectivity index (χ2n) is 9.79. The lowest BCUT2D eigenvalue weighted by Gasteiger charge is -2.23. The van der Waals surface area contributed by atoms with Gasteiger partial charge >= 0.3 is 0 Å². The van der Waals surface area contributed by atoms with E-state index in [2.05, 4.69) is 9.97 Å². The van der Waals surface area contributed by atoms with E-state index in [0.717, 1.165) is 0 Å². The third-order valence-electron chi connectivity index (χ3n) is 7.14. The Labute approximate surface area is 244 Å². The number of rotatable bonds is 8. The van der Waals surface area contributed by atoms with Crippen LogP contribution in [0.4, 0.5) is 8.78 Å². The number of carbonyl (C=O) groups excluding carboxylic acids is 1. The molecule has 0 amide bonds. The van der Waals surface area contributed by atoms with Crippen LogP contribution in [0, 0.1) is 11.6 Å². The number of fused-ring (bicyclic) bond motifs is 2. The lowest BCUT2D eigenvalue weighted by molar-refractivity contribution is 0.0836. The van der Waals surface area contributed by atoms with Crippen LogP contribution in [0.2, 0.25) is 0 Å². The molecular weight excluding hydrogens is 560 g/mol. The summed E-state index contributed by atoms with van der Waals surface area (Å²) in [7, 11) is 2.93. The van der Waals surface area contributed by atoms with E-state index in [9.17, 15) is 14.0 Å². The Kier molecular flexibility index (Phi) is 7.56. The van der Waals surface area contributed by atoms with Gasteiger partial charge in [0.1, 0.15) is 11.3 Å². The van der Waals surface area contributed by atoms with E-state index >= 15 is 4.39 Å². The second-order valence-corrected chi connectivity index (χ2v) is 9.79. The maximum atomic E-state index is 15.2. The number of benzene rings is 2. The number of hydrogen-bond acceptors (Lipinski definition) is 8. The zero-order valence-corrected chi connectivity index (χ0v) is 23.2. The molecule has 0 aliphatic carbocycles. The molecule has 0 fully saturated rings. The van der Waals surface area contributed by atoms with Crippen molar-refractivity contribution < 1.29 is 32.5 Å². The first-order valence-electron chi connectivity index (χ1n) is 13.3. The molecule has 0 bridgehead atoms. The molecular formula is C32H25F2N3O6. The molecule has 3 aromatic heterocycles. The van der Waals surface area contributed by atoms with Crippen molar-refractivity contribution in [3.05, 3.63) is 106 Å². The van der Waals surface area contributed by atoms with Gasteiger partial charge in [0.05, 0.1) is 49.8 Å². The zero-order chi connectivity index (χ0) is 30.1. The minimum absolute atomic E-state index is 0.0376. The molecule has 0 unspecified atom stereocenters. The summed E-state index contributed by atoms with van der Waals surface area (Å²) in [5.41, 5.74) is 2.01. The monoisotopic (exact) mass is 585 g/mol. The highest BCUT2D eigenvalue weighted by atomic mass is 19.1. The van der Waals surface area contributed by atoms with Crippen molar-refractivity contribution in [3.63, 3.8) is 0 Å². The Morgan fingerprint density at radius 1 is 1.00 bits per heavy atom. The van der Waals surface area contributed by atoms with Crippen molar-refractivity contribution in [2.75, 3.05) is 20.8 Å². The highest BCUT2D eigenvalue weighted by molar-refractivity contribution is 5.98. The molecule has 9 nitrogen and oxygen atoms in total. The first-order chi connectivity index (χ1) is 20.9. The van der Waals surface area contributed by atoms with Crippen LogP contribution in [0.5, 0.6) is 23.1 Å². The number of pyridine rings is 3. The molecule has 0 atom stereocenters. The standard InChI is InChI=1S/C32H25F2N3O6/c1-40-28-15-23-30(36-32(28)41-2)27(9-10-35-23)43-26-8-3-18(13-22(26)34)14-25(38)21-16-37-11-12-42-17-24(37)29(31(21)39)19-4-6-20(33)7-5-19/h3-10,13,15-16H,11-12,14,17H2,1-2H3. The maximum Gasteiger partial charge on any atom is 0.257 e. The lowest BCUT2D eigenvalue weighted by Crippen LogP contribution is -2.28. The fourth-order valence-electron chi connectivity index (χ4n) is 5.02. The van der Waals surface area contributed by atoms with Crippen molar-refractivity contribution in [1.29, 1.82) is 0 Å². The van der Waals surface area contributed by atoms with Gasteiger partial charge in [0.2, 0.25) is 5.43 Å². The number of methoxy groups -OCH3 is 2. The summed E-state index contributed by atoms with van der Waals surface area (Å²) >= 11 is 0. The topological polar surface area (TPSA) is 102 Å². The summed E-state index contributed by atoms with van der Waals surface area (Å²) in [6, 6.07) is 12.9. The van der Waals surface area contributed by atoms with Gasteiger partial charge in [-0.2, -0.15) is 0 Å². The number of halogens is 2. The van der Waals surface area contributed by atoms with Gasteiger partial charge in [0, 0.05) is 37.5 Å². The van der Waals surface area contributed by atoms with E-state index in [0.29, 0.717) is 46.8 Å². The summed E-state index contributed by atoms with van der Waals surface area (Å²) in [5.74, 6) is -0.868. The Morgan fingerprint density at radius 2 is 1.81 bits per heavy atom. The SMILES string of the molecule is COc1cc2nccc(Oc3ccc(CC(=O)c4cn5c(c(-c6ccc(F)cc6)c4=O)COCC5)cc3F)c2nc1OC. The highest BCUT2D eigenvalue weighted by Crippen LogP contribution is 2.35. The maximum absolute atomic E-state index is 15.2. The minimum atomic E-state index is -0.706. The van der Waals surface area contributed by atoms with E-state index in [1.54, 1.807) is 18.2 Å². The molecule has 0 radical (unpaired) electrons. The summed E-state index contributed by atoms with van der Waals surface area (Å²) in [4.78, 5) is 35.6. The summed E-state index contributed by atoms with van der Waals surface area (Å²) in [6.07, 6.45) is 2.80. The molecule has 1 aliphatic heterocycles. The minimum Gasteiger partial charge on any atom is -0.491 e. The van der Waals surface area contributed by atoms with Gasteiger partial charge in [-0.25, -0.2) is 13.8 Å². The largest absolute Gasteiger partial charge is 0.491 e. The highest BCUT2D eigenvalue weighted by Gasteiger charge is 2.24. The molecule has 0 spiro atoms. The smallest absolute Gasteiger partial charge is 0.257 e. The van der Waals surface area contributed by atoms with Gasteiger partial charge in [-0.1, -0.05) is 18.2 Å². The molecule has 218 valence electrons. The first-order valence-corrected chi connectivity index (χ1v) is 13.3. The number of carbonyl (C=O) groups is 1.